The number of nitrogens with zero attached hydrogens (tertiary/aromatic N) is 2. The first kappa shape index (κ1) is 16.6. The zero-order chi connectivity index (χ0) is 18.1. The van der Waals surface area contributed by atoms with E-state index >= 15 is 0 Å². The fourth-order valence-corrected chi connectivity index (χ4v) is 3.49. The number of furan rings is 1. The number of rotatable bonds is 4. The average Bonchev–Trinajstić information content (AvgIpc) is 3.35. The summed E-state index contributed by atoms with van der Waals surface area (Å²) in [7, 11) is 0. The third-order valence-electron chi connectivity index (χ3n) is 3.97. The van der Waals surface area contributed by atoms with Gasteiger partial charge < -0.3 is 15.1 Å². The Morgan fingerprint density at radius 3 is 3.00 bits per heavy atom. The number of aromatic nitrogens is 2. The first-order valence-corrected chi connectivity index (χ1v) is 9.02. The molecule has 4 heterocycles. The molecule has 2 unspecified atom stereocenters. The van der Waals surface area contributed by atoms with Gasteiger partial charge in [0, 0.05) is 18.5 Å². The highest BCUT2D eigenvalue weighted by Gasteiger charge is 2.27. The van der Waals surface area contributed by atoms with Crippen molar-refractivity contribution < 1.29 is 14.0 Å². The van der Waals surface area contributed by atoms with Crippen molar-refractivity contribution in [2.75, 3.05) is 5.32 Å². The van der Waals surface area contributed by atoms with Gasteiger partial charge in [-0.15, -0.1) is 11.3 Å². The van der Waals surface area contributed by atoms with E-state index in [9.17, 15) is 9.59 Å². The fraction of sp³-hybridized carbons (Fsp3) is 0.235. The highest BCUT2D eigenvalue weighted by atomic mass is 32.1. The van der Waals surface area contributed by atoms with Gasteiger partial charge in [-0.2, -0.15) is 5.10 Å². The minimum Gasteiger partial charge on any atom is -0.459 e. The Labute approximate surface area is 153 Å². The zero-order valence-electron chi connectivity index (χ0n) is 13.9. The van der Waals surface area contributed by atoms with Crippen LogP contribution < -0.4 is 16.0 Å². The van der Waals surface area contributed by atoms with Gasteiger partial charge in [0.05, 0.1) is 11.1 Å². The fourth-order valence-electron chi connectivity index (χ4n) is 2.81. The second-order valence-corrected chi connectivity index (χ2v) is 6.96. The normalized spacial score (nSPS) is 20.0. The molecule has 0 bridgehead atoms. The van der Waals surface area contributed by atoms with E-state index in [1.165, 1.54) is 6.26 Å². The molecule has 1 aliphatic rings. The zero-order valence-corrected chi connectivity index (χ0v) is 14.7. The van der Waals surface area contributed by atoms with Crippen molar-refractivity contribution in [1.82, 2.24) is 20.4 Å². The molecule has 0 aromatic carbocycles. The summed E-state index contributed by atoms with van der Waals surface area (Å²) in [6.45, 7) is 1.93. The molecule has 1 aliphatic heterocycles. The van der Waals surface area contributed by atoms with Crippen molar-refractivity contribution in [2.24, 2.45) is 0 Å². The molecular formula is C17H17N5O3S. The lowest BCUT2D eigenvalue weighted by atomic mass is 10.2. The molecular weight excluding hydrogens is 354 g/mol. The lowest BCUT2D eigenvalue weighted by Gasteiger charge is -2.30. The Morgan fingerprint density at radius 1 is 1.42 bits per heavy atom. The molecule has 0 radical (unpaired) electrons. The highest BCUT2D eigenvalue weighted by molar-refractivity contribution is 7.13. The second kappa shape index (κ2) is 6.77. The number of thiophene rings is 1. The van der Waals surface area contributed by atoms with Gasteiger partial charge in [-0.3, -0.25) is 14.9 Å². The molecule has 8 nitrogen and oxygen atoms in total. The molecule has 0 aliphatic carbocycles. The van der Waals surface area contributed by atoms with E-state index in [4.69, 9.17) is 4.42 Å². The Balaban J connectivity index is 1.68. The lowest BCUT2D eigenvalue weighted by molar-refractivity contribution is -0.125. The third kappa shape index (κ3) is 3.26. The molecule has 2 amide bonds. The lowest BCUT2D eigenvalue weighted by Crippen LogP contribution is -2.52. The minimum atomic E-state index is -0.549. The van der Waals surface area contributed by atoms with Crippen LogP contribution in [0.15, 0.2) is 46.4 Å². The monoisotopic (exact) mass is 371 g/mol. The quantitative estimate of drug-likeness (QED) is 0.654. The number of amides is 2. The Morgan fingerprint density at radius 2 is 2.31 bits per heavy atom. The van der Waals surface area contributed by atoms with Gasteiger partial charge >= 0.3 is 0 Å². The van der Waals surface area contributed by atoms with Crippen LogP contribution in [0, 0.1) is 0 Å². The number of hydrogen-bond acceptors (Lipinski definition) is 6. The molecule has 2 atom stereocenters. The van der Waals surface area contributed by atoms with Crippen LogP contribution in [-0.2, 0) is 4.79 Å². The van der Waals surface area contributed by atoms with Gasteiger partial charge in [0.25, 0.3) is 5.91 Å². The largest absolute Gasteiger partial charge is 0.459 e. The smallest absolute Gasteiger partial charge is 0.292 e. The molecule has 134 valence electrons. The number of carbonyl (C=O) groups excluding carboxylic acids is 2. The Kier molecular flexibility index (Phi) is 4.31. The second-order valence-electron chi connectivity index (χ2n) is 6.01. The molecule has 1 saturated heterocycles. The Bertz CT molecular complexity index is 917. The molecule has 26 heavy (non-hydrogen) atoms. The van der Waals surface area contributed by atoms with Crippen molar-refractivity contribution in [1.29, 1.82) is 0 Å². The van der Waals surface area contributed by atoms with E-state index in [0.717, 1.165) is 4.88 Å². The summed E-state index contributed by atoms with van der Waals surface area (Å²) in [6.07, 6.45) is 1.28. The van der Waals surface area contributed by atoms with Crippen molar-refractivity contribution >= 4 is 29.0 Å². The third-order valence-corrected chi connectivity index (χ3v) is 4.86. The van der Waals surface area contributed by atoms with Crippen LogP contribution in [0.25, 0.3) is 10.6 Å². The molecule has 9 heteroatoms. The van der Waals surface area contributed by atoms with Crippen molar-refractivity contribution in [3.05, 3.63) is 47.7 Å². The van der Waals surface area contributed by atoms with Crippen LogP contribution in [-0.4, -0.2) is 27.6 Å². The number of hydrogen-bond donors (Lipinski definition) is 3. The van der Waals surface area contributed by atoms with Crippen molar-refractivity contribution in [3.8, 4) is 10.6 Å². The maximum atomic E-state index is 12.4. The summed E-state index contributed by atoms with van der Waals surface area (Å²) < 4.78 is 6.71. The average molecular weight is 371 g/mol. The van der Waals surface area contributed by atoms with Crippen LogP contribution >= 0.6 is 11.3 Å². The SMILES string of the molecule is CC1CC(=O)NC(n2nc(-c3cccs3)cc2NC(=O)c2ccco2)N1. The minimum absolute atomic E-state index is 0.00300. The van der Waals surface area contributed by atoms with Crippen molar-refractivity contribution in [3.63, 3.8) is 0 Å². The Hall–Kier alpha value is -2.91. The van der Waals surface area contributed by atoms with E-state index < -0.39 is 6.29 Å². The van der Waals surface area contributed by atoms with E-state index in [-0.39, 0.29) is 23.6 Å². The molecule has 3 aromatic rings. The number of nitrogens with one attached hydrogen (secondary N) is 3. The van der Waals surface area contributed by atoms with E-state index in [0.29, 0.717) is 17.9 Å². The molecule has 3 aromatic heterocycles. The maximum Gasteiger partial charge on any atom is 0.292 e. The maximum absolute atomic E-state index is 12.4. The van der Waals surface area contributed by atoms with Crippen LogP contribution in [0.5, 0.6) is 0 Å². The molecule has 0 saturated carbocycles. The van der Waals surface area contributed by atoms with Gasteiger partial charge in [-0.1, -0.05) is 6.07 Å². The first-order chi connectivity index (χ1) is 12.6. The topological polar surface area (TPSA) is 101 Å². The summed E-state index contributed by atoms with van der Waals surface area (Å²) in [5.41, 5.74) is 0.712. The summed E-state index contributed by atoms with van der Waals surface area (Å²) in [5, 5.41) is 15.5. The van der Waals surface area contributed by atoms with E-state index in [1.54, 1.807) is 34.2 Å². The van der Waals surface area contributed by atoms with Crippen molar-refractivity contribution in [2.45, 2.75) is 25.7 Å². The first-order valence-electron chi connectivity index (χ1n) is 8.14. The van der Waals surface area contributed by atoms with Gasteiger partial charge in [0.2, 0.25) is 5.91 Å². The molecule has 0 spiro atoms. The van der Waals surface area contributed by atoms with Crippen LogP contribution in [0.1, 0.15) is 30.2 Å². The number of anilines is 1. The number of carbonyl (C=O) groups is 2. The predicted octanol–water partition coefficient (Wildman–Crippen LogP) is 2.41. The van der Waals surface area contributed by atoms with Gasteiger partial charge in [-0.05, 0) is 30.5 Å². The predicted molar refractivity (Wildman–Crippen MR) is 96.6 cm³/mol. The van der Waals surface area contributed by atoms with Gasteiger partial charge in [0.15, 0.2) is 12.0 Å². The van der Waals surface area contributed by atoms with Gasteiger partial charge in [0.1, 0.15) is 11.5 Å². The molecule has 4 rings (SSSR count). The standard InChI is InChI=1S/C17H17N5O3S/c1-10-8-15(23)20-17(18-10)22-14(19-16(24)12-4-2-6-25-12)9-11(21-22)13-5-3-7-26-13/h2-7,9-10,17-18H,8H2,1H3,(H,19,24)(H,20,23). The highest BCUT2D eigenvalue weighted by Crippen LogP contribution is 2.28. The van der Waals surface area contributed by atoms with E-state index in [1.807, 2.05) is 24.4 Å². The van der Waals surface area contributed by atoms with Gasteiger partial charge in [-0.25, -0.2) is 4.68 Å². The summed E-state index contributed by atoms with van der Waals surface area (Å²) in [6, 6.07) is 8.89. The molecule has 1 fully saturated rings. The van der Waals surface area contributed by atoms with Crippen LogP contribution in [0.3, 0.4) is 0 Å². The van der Waals surface area contributed by atoms with E-state index in [2.05, 4.69) is 21.0 Å². The van der Waals surface area contributed by atoms with Crippen LogP contribution in [0.4, 0.5) is 5.82 Å². The summed E-state index contributed by atoms with van der Waals surface area (Å²) >= 11 is 1.55. The molecule has 3 N–H and O–H groups in total. The van der Waals surface area contributed by atoms with Crippen LogP contribution in [0.2, 0.25) is 0 Å². The summed E-state index contributed by atoms with van der Waals surface area (Å²) in [4.78, 5) is 25.3. The summed E-state index contributed by atoms with van der Waals surface area (Å²) in [5.74, 6) is 0.202.